The van der Waals surface area contributed by atoms with E-state index < -0.39 is 150 Å². The molecule has 31 heteroatoms. The third kappa shape index (κ3) is 23.6. The molecule has 101 heavy (non-hydrogen) atoms. The Morgan fingerprint density at radius 1 is 0.614 bits per heavy atom. The summed E-state index contributed by atoms with van der Waals surface area (Å²) in [5.74, 6) is -7.99. The minimum absolute atomic E-state index is 0.0342. The van der Waals surface area contributed by atoms with Crippen LogP contribution in [-0.4, -0.2) is 168 Å². The molecule has 10 atom stereocenters. The first-order chi connectivity index (χ1) is 48.4. The highest BCUT2D eigenvalue weighted by Gasteiger charge is 2.38. The van der Waals surface area contributed by atoms with Crippen LogP contribution in [0.1, 0.15) is 100 Å². The van der Waals surface area contributed by atoms with E-state index in [1.54, 1.807) is 50.4 Å². The Labute approximate surface area is 593 Å². The monoisotopic (exact) mass is 1420 g/mol. The van der Waals surface area contributed by atoms with Crippen LogP contribution in [0.5, 0.6) is 0 Å². The number of amides is 12. The Kier molecular flexibility index (Phi) is 29.9. The third-order valence-corrected chi connectivity index (χ3v) is 19.2. The van der Waals surface area contributed by atoms with Gasteiger partial charge < -0.3 is 79.6 Å². The summed E-state index contributed by atoms with van der Waals surface area (Å²) in [5.41, 5.74) is 15.9. The van der Waals surface area contributed by atoms with E-state index in [2.05, 4.69) is 84.0 Å². The number of nitrogens with two attached hydrogens (primary N) is 2. The van der Waals surface area contributed by atoms with Gasteiger partial charge in [0.15, 0.2) is 0 Å². The van der Waals surface area contributed by atoms with Crippen molar-refractivity contribution in [3.8, 4) is 12.3 Å². The molecule has 0 spiro atoms. The van der Waals surface area contributed by atoms with E-state index in [0.717, 1.165) is 22.0 Å². The van der Waals surface area contributed by atoms with E-state index >= 15 is 14.4 Å². The van der Waals surface area contributed by atoms with Crippen molar-refractivity contribution >= 4 is 105 Å². The van der Waals surface area contributed by atoms with Crippen LogP contribution in [0.15, 0.2) is 110 Å². The van der Waals surface area contributed by atoms with E-state index in [1.165, 1.54) is 55.5 Å². The molecule has 4 heterocycles. The van der Waals surface area contributed by atoms with Crippen molar-refractivity contribution in [2.45, 2.75) is 164 Å². The highest BCUT2D eigenvalue weighted by Crippen LogP contribution is 2.25. The van der Waals surface area contributed by atoms with Crippen LogP contribution in [0.2, 0.25) is 0 Å². The van der Waals surface area contributed by atoms with Gasteiger partial charge >= 0.3 is 0 Å². The zero-order valence-corrected chi connectivity index (χ0v) is 58.5. The number of nitrogens with one attached hydrogen (secondary N) is 13. The Morgan fingerprint density at radius 2 is 1.19 bits per heavy atom. The van der Waals surface area contributed by atoms with Crippen molar-refractivity contribution in [3.63, 3.8) is 0 Å². The number of aromatic nitrogens is 5. The minimum Gasteiger partial charge on any atom is -0.370 e. The standard InChI is InChI=1S/C70H89N17O12S2/c1-7-10-24-58(89)86-59(39(4)5)69(98)85-56-36-101-34-44-21-15-14-20-43(44)33-100-35-55(84-62(91)40(6)78-63(92)54(29-57(71)88)82-68(56)97)67(96)80-51(25-41-18-12-11-13-19-41)64(93)81-53(28-47-32-74-38-77-47)66(95)87-60(42(8-2)9-3)70(99)83-52(26-45-30-75-49-23-17-16-22-48(45)49)65(94)79-50(61(72)90)27-46-31-73-37-76-46/h1,11-23,30-32,37-40,42,50-56,59-60,75H,8-10,24-29,33-36H2,2-6H3,(H2,71,88)(H2,72,90)(H,73,76)(H,74,77)(H,78,92)(H,79,94)(H,80,96)(H,81,93)(H,82,97)(H,83,99)(H,84,91)(H,85,98)(H,86,89)(H,87,95)/t40-,50-,51-,52-,53-,54?,55+,56+,59-,60-/m0/s1. The lowest BCUT2D eigenvalue weighted by Crippen LogP contribution is -2.62. The number of primary amides is 2. The first kappa shape index (κ1) is 77.9. The Balaban J connectivity index is 1.15. The number of carbonyl (C=O) groups is 12. The molecular weight excluding hydrogens is 1340 g/mol. The van der Waals surface area contributed by atoms with Crippen molar-refractivity contribution in [1.82, 2.24) is 78.1 Å². The summed E-state index contributed by atoms with van der Waals surface area (Å²) in [6.45, 7) is 8.38. The average molecular weight is 1420 g/mol. The van der Waals surface area contributed by atoms with Crippen molar-refractivity contribution in [2.75, 3.05) is 11.5 Å². The van der Waals surface area contributed by atoms with Crippen LogP contribution >= 0.6 is 23.5 Å². The summed E-state index contributed by atoms with van der Waals surface area (Å²) in [6, 6.07) is 9.68. The van der Waals surface area contributed by atoms with Gasteiger partial charge in [0.25, 0.3) is 0 Å². The summed E-state index contributed by atoms with van der Waals surface area (Å²) < 4.78 is 0. The molecule has 1 aliphatic rings. The lowest BCUT2D eigenvalue weighted by molar-refractivity contribution is -0.136. The zero-order chi connectivity index (χ0) is 73.1. The van der Waals surface area contributed by atoms with Gasteiger partial charge in [-0.2, -0.15) is 23.5 Å². The lowest BCUT2D eigenvalue weighted by atomic mass is 9.92. The van der Waals surface area contributed by atoms with Crippen molar-refractivity contribution in [1.29, 1.82) is 0 Å². The van der Waals surface area contributed by atoms with Crippen molar-refractivity contribution < 1.29 is 57.5 Å². The van der Waals surface area contributed by atoms with E-state index in [0.29, 0.717) is 35.4 Å². The van der Waals surface area contributed by atoms with E-state index in [1.807, 2.05) is 62.4 Å². The SMILES string of the molecule is C#CCCC(=O)N[C@H](C(=O)N[C@@H]1CSCc2ccccc2CSC[C@H](C(=O)N[C@@H](Cc2ccccc2)C(=O)N[C@@H](Cc2cnc[nH]2)C(=O)N[C@H](C(=O)N[C@@H](Cc2c[nH]c3ccccc23)C(=O)N[C@@H](Cc2cnc[nH]2)C(N)=O)C(CC)CC)NC(=O)[C@H](C)NC(=O)C(CC(N)=O)NC1=O)C(C)C. The molecule has 7 rings (SSSR count). The van der Waals surface area contributed by atoms with Gasteiger partial charge in [-0.3, -0.25) is 57.5 Å². The van der Waals surface area contributed by atoms with E-state index in [9.17, 15) is 43.2 Å². The fourth-order valence-electron chi connectivity index (χ4n) is 11.3. The Morgan fingerprint density at radius 3 is 1.79 bits per heavy atom. The largest absolute Gasteiger partial charge is 0.370 e. The maximum Gasteiger partial charge on any atom is 0.244 e. The number of H-pyrrole nitrogens is 3. The second-order valence-electron chi connectivity index (χ2n) is 24.9. The topological polar surface area (TPSA) is 450 Å². The summed E-state index contributed by atoms with van der Waals surface area (Å²) in [6.07, 6.45) is 12.4. The van der Waals surface area contributed by atoms with Crippen LogP contribution in [0.4, 0.5) is 0 Å². The summed E-state index contributed by atoms with van der Waals surface area (Å²) in [4.78, 5) is 187. The third-order valence-electron chi connectivity index (χ3n) is 17.0. The molecule has 12 amide bonds. The number of thioether (sulfide) groups is 2. The van der Waals surface area contributed by atoms with Crippen LogP contribution in [0.25, 0.3) is 10.9 Å². The smallest absolute Gasteiger partial charge is 0.244 e. The molecule has 0 bridgehead atoms. The number of fused-ring (bicyclic) bond motifs is 2. The molecule has 3 aromatic carbocycles. The molecule has 29 nitrogen and oxygen atoms in total. The van der Waals surface area contributed by atoms with Crippen LogP contribution in [0, 0.1) is 24.2 Å². The highest BCUT2D eigenvalue weighted by atomic mass is 32.2. The van der Waals surface area contributed by atoms with Gasteiger partial charge in [0, 0.05) is 102 Å². The predicted octanol–water partition coefficient (Wildman–Crippen LogP) is 0.799. The molecule has 17 N–H and O–H groups in total. The molecule has 1 aliphatic heterocycles. The summed E-state index contributed by atoms with van der Waals surface area (Å²) in [5, 5.41) is 28.0. The average Bonchev–Trinajstić information content (AvgIpc) is 1.75. The number of hydrogen-bond donors (Lipinski definition) is 15. The second kappa shape index (κ2) is 38.8. The van der Waals surface area contributed by atoms with Gasteiger partial charge in [0.1, 0.15) is 60.4 Å². The van der Waals surface area contributed by atoms with E-state index in [4.69, 9.17) is 17.9 Å². The number of benzene rings is 3. The fraction of sp³-hybridized carbons (Fsp3) is 0.429. The maximum absolute atomic E-state index is 15.1. The minimum atomic E-state index is -1.67. The molecule has 538 valence electrons. The maximum atomic E-state index is 15.1. The van der Waals surface area contributed by atoms with Gasteiger partial charge in [-0.15, -0.1) is 12.3 Å². The number of aromatic amines is 3. The van der Waals surface area contributed by atoms with Crippen LogP contribution < -0.4 is 64.6 Å². The molecular formula is C70H89N17O12S2. The molecule has 0 radical (unpaired) electrons. The predicted molar refractivity (Wildman–Crippen MR) is 380 cm³/mol. The lowest BCUT2D eigenvalue weighted by Gasteiger charge is -2.30. The molecule has 0 aliphatic carbocycles. The number of nitrogens with zero attached hydrogens (tertiary/aromatic N) is 2. The van der Waals surface area contributed by atoms with Crippen molar-refractivity contribution in [3.05, 3.63) is 144 Å². The quantitative estimate of drug-likeness (QED) is 0.0277. The number of rotatable bonds is 30. The van der Waals surface area contributed by atoms with Gasteiger partial charge in [-0.25, -0.2) is 9.97 Å². The first-order valence-corrected chi connectivity index (χ1v) is 35.6. The number of imidazole rings is 2. The fourth-order valence-corrected chi connectivity index (χ4v) is 13.5. The zero-order valence-electron chi connectivity index (χ0n) is 56.9. The number of hydrogen-bond acceptors (Lipinski definition) is 16. The second-order valence-corrected chi connectivity index (χ2v) is 27.0. The highest BCUT2D eigenvalue weighted by molar-refractivity contribution is 7.99. The van der Waals surface area contributed by atoms with Gasteiger partial charge in [-0.1, -0.05) is 113 Å². The molecule has 0 saturated carbocycles. The number of para-hydroxylation sites is 1. The van der Waals surface area contributed by atoms with Gasteiger partial charge in [0.2, 0.25) is 70.9 Å². The Bertz CT molecular complexity index is 3880. The summed E-state index contributed by atoms with van der Waals surface area (Å²) in [7, 11) is 0. The van der Waals surface area contributed by atoms with Crippen LogP contribution in [-0.2, 0) is 94.7 Å². The number of terminal acetylenes is 1. The first-order valence-electron chi connectivity index (χ1n) is 33.2. The molecule has 3 aromatic heterocycles. The van der Waals surface area contributed by atoms with Gasteiger partial charge in [-0.05, 0) is 47.1 Å². The van der Waals surface area contributed by atoms with Crippen LogP contribution in [0.3, 0.4) is 0 Å². The normalized spacial score (nSPS) is 17.9. The van der Waals surface area contributed by atoms with Crippen molar-refractivity contribution in [2.24, 2.45) is 23.3 Å². The van der Waals surface area contributed by atoms with E-state index in [-0.39, 0.29) is 61.5 Å². The molecule has 1 unspecified atom stereocenters. The number of carbonyl (C=O) groups excluding carboxylic acids is 12. The molecule has 0 saturated heterocycles. The molecule has 6 aromatic rings. The van der Waals surface area contributed by atoms with Gasteiger partial charge in [0.05, 0.1) is 19.1 Å². The molecule has 0 fully saturated rings. The summed E-state index contributed by atoms with van der Waals surface area (Å²) >= 11 is 2.53. The Hall–Kier alpha value is -10.5.